The Labute approximate surface area is 99.7 Å². The van der Waals surface area contributed by atoms with Crippen LogP contribution in [0, 0.1) is 0 Å². The van der Waals surface area contributed by atoms with Crippen LogP contribution in [0.4, 0.5) is 0 Å². The normalized spacial score (nSPS) is 10.9. The highest BCUT2D eigenvalue weighted by molar-refractivity contribution is 5.87. The van der Waals surface area contributed by atoms with Crippen molar-refractivity contribution in [1.82, 2.24) is 10.6 Å². The Morgan fingerprint density at radius 2 is 1.88 bits per heavy atom. The Kier molecular flexibility index (Phi) is 11.6. The lowest BCUT2D eigenvalue weighted by Gasteiger charge is -2.00. The molecule has 2 N–H and O–H groups in total. The van der Waals surface area contributed by atoms with Crippen LogP contribution in [0.2, 0.25) is 0 Å². The molecule has 0 aromatic carbocycles. The minimum absolute atomic E-state index is 0.0174. The van der Waals surface area contributed by atoms with Gasteiger partial charge in [0, 0.05) is 13.1 Å². The summed E-state index contributed by atoms with van der Waals surface area (Å²) in [6.45, 7) is 3.72. The number of hydrogen-bond donors (Lipinski definition) is 2. The summed E-state index contributed by atoms with van der Waals surface area (Å²) < 4.78 is 0. The van der Waals surface area contributed by atoms with Gasteiger partial charge in [0.05, 0.1) is 0 Å². The minimum Gasteiger partial charge on any atom is -0.351 e. The molecule has 0 aromatic heterocycles. The van der Waals surface area contributed by atoms with Gasteiger partial charge in [-0.25, -0.2) is 0 Å². The van der Waals surface area contributed by atoms with Crippen molar-refractivity contribution in [2.24, 2.45) is 0 Å². The predicted molar refractivity (Wildman–Crippen MR) is 69.5 cm³/mol. The van der Waals surface area contributed by atoms with Crippen LogP contribution in [-0.2, 0) is 4.79 Å². The molecule has 0 spiro atoms. The summed E-state index contributed by atoms with van der Waals surface area (Å²) in [6.07, 6.45) is 11.0. The fraction of sp³-hybridized carbons (Fsp3) is 0.769. The third-order valence-corrected chi connectivity index (χ3v) is 2.42. The SMILES string of the molecule is CCCCCCC/C=C/C(=O)NCCNC. The summed E-state index contributed by atoms with van der Waals surface area (Å²) in [6, 6.07) is 0. The van der Waals surface area contributed by atoms with E-state index in [2.05, 4.69) is 17.6 Å². The first kappa shape index (κ1) is 15.2. The van der Waals surface area contributed by atoms with Crippen molar-refractivity contribution in [3.05, 3.63) is 12.2 Å². The second kappa shape index (κ2) is 12.2. The molecule has 0 rings (SSSR count). The van der Waals surface area contributed by atoms with E-state index in [9.17, 15) is 4.79 Å². The van der Waals surface area contributed by atoms with Crippen molar-refractivity contribution in [3.8, 4) is 0 Å². The molecule has 0 unspecified atom stereocenters. The number of amides is 1. The first-order valence-corrected chi connectivity index (χ1v) is 6.40. The molecular formula is C13H26N2O. The van der Waals surface area contributed by atoms with Crippen LogP contribution < -0.4 is 10.6 Å². The number of unbranched alkanes of at least 4 members (excludes halogenated alkanes) is 5. The third kappa shape index (κ3) is 11.2. The second-order valence-electron chi connectivity index (χ2n) is 4.00. The summed E-state index contributed by atoms with van der Waals surface area (Å²) in [4.78, 5) is 11.2. The molecule has 0 aromatic rings. The number of allylic oxidation sites excluding steroid dienone is 1. The Balaban J connectivity index is 3.28. The van der Waals surface area contributed by atoms with Gasteiger partial charge in [-0.1, -0.05) is 38.7 Å². The van der Waals surface area contributed by atoms with E-state index in [4.69, 9.17) is 0 Å². The van der Waals surface area contributed by atoms with Gasteiger partial charge in [-0.15, -0.1) is 0 Å². The first-order chi connectivity index (χ1) is 7.81. The van der Waals surface area contributed by atoms with Crippen LogP contribution in [0.25, 0.3) is 0 Å². The molecule has 0 aliphatic heterocycles. The molecule has 0 saturated heterocycles. The summed E-state index contributed by atoms with van der Waals surface area (Å²) in [5.74, 6) is 0.0174. The Hall–Kier alpha value is -0.830. The molecule has 0 aliphatic carbocycles. The van der Waals surface area contributed by atoms with Gasteiger partial charge in [0.25, 0.3) is 0 Å². The molecule has 0 saturated carbocycles. The maximum absolute atomic E-state index is 11.2. The van der Waals surface area contributed by atoms with E-state index in [1.54, 1.807) is 6.08 Å². The van der Waals surface area contributed by atoms with Crippen molar-refractivity contribution in [2.45, 2.75) is 45.4 Å². The Morgan fingerprint density at radius 1 is 1.12 bits per heavy atom. The van der Waals surface area contributed by atoms with Gasteiger partial charge < -0.3 is 10.6 Å². The van der Waals surface area contributed by atoms with Crippen molar-refractivity contribution < 1.29 is 4.79 Å². The van der Waals surface area contributed by atoms with Crippen LogP contribution in [0.3, 0.4) is 0 Å². The van der Waals surface area contributed by atoms with Gasteiger partial charge >= 0.3 is 0 Å². The van der Waals surface area contributed by atoms with Gasteiger partial charge in [0.1, 0.15) is 0 Å². The molecule has 0 bridgehead atoms. The minimum atomic E-state index is 0.0174. The molecule has 16 heavy (non-hydrogen) atoms. The standard InChI is InChI=1S/C13H26N2O/c1-3-4-5-6-7-8-9-10-13(16)15-12-11-14-2/h9-10,14H,3-8,11-12H2,1-2H3,(H,15,16)/b10-9+. The average molecular weight is 226 g/mol. The quantitative estimate of drug-likeness (QED) is 0.443. The van der Waals surface area contributed by atoms with Crippen molar-refractivity contribution in [2.75, 3.05) is 20.1 Å². The van der Waals surface area contributed by atoms with Crippen LogP contribution >= 0.6 is 0 Å². The van der Waals surface area contributed by atoms with E-state index < -0.39 is 0 Å². The topological polar surface area (TPSA) is 41.1 Å². The fourth-order valence-corrected chi connectivity index (χ4v) is 1.43. The number of carbonyl (C=O) groups excluding carboxylic acids is 1. The highest BCUT2D eigenvalue weighted by Gasteiger charge is 1.92. The van der Waals surface area contributed by atoms with Gasteiger partial charge in [-0.2, -0.15) is 0 Å². The monoisotopic (exact) mass is 226 g/mol. The Morgan fingerprint density at radius 3 is 2.56 bits per heavy atom. The van der Waals surface area contributed by atoms with Crippen LogP contribution in [0.15, 0.2) is 12.2 Å². The number of likely N-dealkylation sites (N-methyl/N-ethyl adjacent to an activating group) is 1. The predicted octanol–water partition coefficient (Wildman–Crippen LogP) is 2.24. The molecule has 0 heterocycles. The summed E-state index contributed by atoms with van der Waals surface area (Å²) in [5, 5.41) is 5.79. The van der Waals surface area contributed by atoms with Gasteiger partial charge in [-0.05, 0) is 26.0 Å². The van der Waals surface area contributed by atoms with Crippen LogP contribution in [-0.4, -0.2) is 26.0 Å². The van der Waals surface area contributed by atoms with E-state index in [1.165, 1.54) is 32.1 Å². The van der Waals surface area contributed by atoms with E-state index in [1.807, 2.05) is 13.1 Å². The van der Waals surface area contributed by atoms with E-state index >= 15 is 0 Å². The lowest BCUT2D eigenvalue weighted by Crippen LogP contribution is -2.28. The van der Waals surface area contributed by atoms with Crippen molar-refractivity contribution in [1.29, 1.82) is 0 Å². The number of nitrogens with one attached hydrogen (secondary N) is 2. The van der Waals surface area contributed by atoms with Gasteiger partial charge in [0.15, 0.2) is 0 Å². The highest BCUT2D eigenvalue weighted by Crippen LogP contribution is 2.04. The average Bonchev–Trinajstić information content (AvgIpc) is 2.28. The highest BCUT2D eigenvalue weighted by atomic mass is 16.1. The number of hydrogen-bond acceptors (Lipinski definition) is 2. The van der Waals surface area contributed by atoms with E-state index in [0.717, 1.165) is 13.0 Å². The Bertz CT molecular complexity index is 190. The molecule has 1 amide bonds. The zero-order chi connectivity index (χ0) is 12.1. The molecule has 0 atom stereocenters. The lowest BCUT2D eigenvalue weighted by atomic mass is 10.1. The zero-order valence-corrected chi connectivity index (χ0v) is 10.7. The van der Waals surface area contributed by atoms with E-state index in [0.29, 0.717) is 6.54 Å². The van der Waals surface area contributed by atoms with Crippen LogP contribution in [0.1, 0.15) is 45.4 Å². The molecule has 94 valence electrons. The molecule has 0 aliphatic rings. The smallest absolute Gasteiger partial charge is 0.243 e. The van der Waals surface area contributed by atoms with Gasteiger partial charge in [-0.3, -0.25) is 4.79 Å². The second-order valence-corrected chi connectivity index (χ2v) is 4.00. The number of rotatable bonds is 10. The maximum atomic E-state index is 11.2. The third-order valence-electron chi connectivity index (χ3n) is 2.42. The van der Waals surface area contributed by atoms with Crippen LogP contribution in [0.5, 0.6) is 0 Å². The molecule has 3 nitrogen and oxygen atoms in total. The van der Waals surface area contributed by atoms with E-state index in [-0.39, 0.29) is 5.91 Å². The molecule has 0 radical (unpaired) electrons. The van der Waals surface area contributed by atoms with Crippen molar-refractivity contribution in [3.63, 3.8) is 0 Å². The summed E-state index contributed by atoms with van der Waals surface area (Å²) in [7, 11) is 1.87. The van der Waals surface area contributed by atoms with Gasteiger partial charge in [0.2, 0.25) is 5.91 Å². The summed E-state index contributed by atoms with van der Waals surface area (Å²) >= 11 is 0. The van der Waals surface area contributed by atoms with Crippen molar-refractivity contribution >= 4 is 5.91 Å². The molecular weight excluding hydrogens is 200 g/mol. The molecule has 0 fully saturated rings. The fourth-order valence-electron chi connectivity index (χ4n) is 1.43. The lowest BCUT2D eigenvalue weighted by molar-refractivity contribution is -0.116. The molecule has 3 heteroatoms. The maximum Gasteiger partial charge on any atom is 0.243 e. The zero-order valence-electron chi connectivity index (χ0n) is 10.7. The largest absolute Gasteiger partial charge is 0.351 e. The number of carbonyl (C=O) groups is 1. The first-order valence-electron chi connectivity index (χ1n) is 6.40. The summed E-state index contributed by atoms with van der Waals surface area (Å²) in [5.41, 5.74) is 0.